The minimum atomic E-state index is 0.473. The molecule has 0 aliphatic heterocycles. The molecule has 3 nitrogen and oxygen atoms in total. The van der Waals surface area contributed by atoms with Crippen molar-refractivity contribution in [2.24, 2.45) is 5.92 Å². The van der Waals surface area contributed by atoms with E-state index in [1.165, 1.54) is 43.7 Å². The molecule has 6 aromatic carbocycles. The summed E-state index contributed by atoms with van der Waals surface area (Å²) in [4.78, 5) is 0. The molecule has 0 amide bonds. The smallest absolute Gasteiger partial charge is 0.0788 e. The SMILES string of the molecule is C=C(/C=C(/c1ccccc1)c1ccccc1N)n1c2ccc3ccccc3c2c2ccc3c4c(n(-c5ccccc5)c3c21)C=CC(C)C4. The Morgan fingerprint density at radius 1 is 0.729 bits per heavy atom. The van der Waals surface area contributed by atoms with Crippen molar-refractivity contribution < 1.29 is 0 Å². The van der Waals surface area contributed by atoms with Crippen molar-refractivity contribution in [1.29, 1.82) is 0 Å². The van der Waals surface area contributed by atoms with Crippen molar-refractivity contribution in [3.8, 4) is 5.69 Å². The van der Waals surface area contributed by atoms with Gasteiger partial charge in [0.05, 0.1) is 16.6 Å². The lowest BCUT2D eigenvalue weighted by Crippen LogP contribution is -2.05. The van der Waals surface area contributed by atoms with Crippen LogP contribution in [-0.2, 0) is 6.42 Å². The minimum absolute atomic E-state index is 0.473. The maximum atomic E-state index is 6.64. The monoisotopic (exact) mass is 617 g/mol. The molecule has 0 saturated heterocycles. The highest BCUT2D eigenvalue weighted by molar-refractivity contribution is 6.26. The van der Waals surface area contributed by atoms with Crippen LogP contribution in [0.4, 0.5) is 5.69 Å². The molecule has 1 aliphatic carbocycles. The summed E-state index contributed by atoms with van der Waals surface area (Å²) in [6, 6.07) is 47.3. The summed E-state index contributed by atoms with van der Waals surface area (Å²) in [5.74, 6) is 0.473. The number of nitrogens with two attached hydrogens (primary N) is 1. The van der Waals surface area contributed by atoms with E-state index < -0.39 is 0 Å². The Morgan fingerprint density at radius 2 is 1.44 bits per heavy atom. The number of rotatable bonds is 5. The average molecular weight is 618 g/mol. The van der Waals surface area contributed by atoms with E-state index in [2.05, 4.69) is 143 Å². The van der Waals surface area contributed by atoms with Crippen LogP contribution >= 0.6 is 0 Å². The molecule has 2 N–H and O–H groups in total. The van der Waals surface area contributed by atoms with Crippen molar-refractivity contribution in [1.82, 2.24) is 9.13 Å². The van der Waals surface area contributed by atoms with E-state index in [9.17, 15) is 0 Å². The quantitative estimate of drug-likeness (QED) is 0.151. The third-order valence-electron chi connectivity index (χ3n) is 9.95. The summed E-state index contributed by atoms with van der Waals surface area (Å²) in [5.41, 5.74) is 18.7. The van der Waals surface area contributed by atoms with E-state index in [1.807, 2.05) is 24.3 Å². The zero-order chi connectivity index (χ0) is 32.4. The highest BCUT2D eigenvalue weighted by Crippen LogP contribution is 2.45. The van der Waals surface area contributed by atoms with Gasteiger partial charge in [0, 0.05) is 44.5 Å². The fourth-order valence-electron chi connectivity index (χ4n) is 7.81. The molecule has 0 radical (unpaired) electrons. The molecule has 230 valence electrons. The lowest BCUT2D eigenvalue weighted by atomic mass is 9.93. The van der Waals surface area contributed by atoms with E-state index in [0.29, 0.717) is 5.92 Å². The van der Waals surface area contributed by atoms with Crippen LogP contribution in [0.3, 0.4) is 0 Å². The van der Waals surface area contributed by atoms with Gasteiger partial charge < -0.3 is 14.9 Å². The number of allylic oxidation sites excluding steroid dienone is 3. The van der Waals surface area contributed by atoms with Crippen LogP contribution < -0.4 is 5.73 Å². The minimum Gasteiger partial charge on any atom is -0.398 e. The molecular weight excluding hydrogens is 583 g/mol. The maximum Gasteiger partial charge on any atom is 0.0788 e. The molecule has 0 spiro atoms. The second kappa shape index (κ2) is 11.0. The first-order chi connectivity index (χ1) is 23.6. The first-order valence-corrected chi connectivity index (χ1v) is 16.7. The summed E-state index contributed by atoms with van der Waals surface area (Å²) in [6.45, 7) is 7.13. The van der Waals surface area contributed by atoms with Gasteiger partial charge in [0.25, 0.3) is 0 Å². The van der Waals surface area contributed by atoms with Gasteiger partial charge in [-0.15, -0.1) is 0 Å². The number of hydrogen-bond donors (Lipinski definition) is 1. The van der Waals surface area contributed by atoms with Crippen LogP contribution in [0, 0.1) is 5.92 Å². The summed E-state index contributed by atoms with van der Waals surface area (Å²) in [6.07, 6.45) is 7.89. The number of fused-ring (bicyclic) bond motifs is 9. The van der Waals surface area contributed by atoms with E-state index >= 15 is 0 Å². The van der Waals surface area contributed by atoms with Crippen LogP contribution in [0.1, 0.15) is 29.3 Å². The average Bonchev–Trinajstić information content (AvgIpc) is 3.64. The van der Waals surface area contributed by atoms with Gasteiger partial charge in [-0.25, -0.2) is 0 Å². The van der Waals surface area contributed by atoms with Gasteiger partial charge in [-0.1, -0.05) is 129 Å². The Bertz CT molecular complexity index is 2610. The lowest BCUT2D eigenvalue weighted by molar-refractivity contribution is 0.718. The number of benzene rings is 6. The van der Waals surface area contributed by atoms with E-state index in [4.69, 9.17) is 12.3 Å². The van der Waals surface area contributed by atoms with Crippen molar-refractivity contribution in [2.45, 2.75) is 13.3 Å². The molecule has 2 aromatic heterocycles. The van der Waals surface area contributed by atoms with Crippen LogP contribution in [0.2, 0.25) is 0 Å². The highest BCUT2D eigenvalue weighted by Gasteiger charge is 2.26. The zero-order valence-corrected chi connectivity index (χ0v) is 26.9. The summed E-state index contributed by atoms with van der Waals surface area (Å²) >= 11 is 0. The topological polar surface area (TPSA) is 35.9 Å². The van der Waals surface area contributed by atoms with Crippen LogP contribution in [0.5, 0.6) is 0 Å². The van der Waals surface area contributed by atoms with Crippen LogP contribution in [0.15, 0.2) is 152 Å². The van der Waals surface area contributed by atoms with Gasteiger partial charge in [-0.3, -0.25) is 0 Å². The summed E-state index contributed by atoms with van der Waals surface area (Å²) in [7, 11) is 0. The van der Waals surface area contributed by atoms with Crippen molar-refractivity contribution in [3.05, 3.63) is 175 Å². The molecule has 0 bridgehead atoms. The molecule has 1 aliphatic rings. The number of nitrogen functional groups attached to an aromatic ring is 1. The van der Waals surface area contributed by atoms with Crippen LogP contribution in [-0.4, -0.2) is 9.13 Å². The highest BCUT2D eigenvalue weighted by atomic mass is 15.1. The number of hydrogen-bond acceptors (Lipinski definition) is 1. The van der Waals surface area contributed by atoms with Gasteiger partial charge in [0.2, 0.25) is 0 Å². The molecule has 3 heteroatoms. The molecule has 9 rings (SSSR count). The third kappa shape index (κ3) is 4.28. The molecule has 1 unspecified atom stereocenters. The predicted molar refractivity (Wildman–Crippen MR) is 205 cm³/mol. The Hall–Kier alpha value is -6.06. The Morgan fingerprint density at radius 3 is 2.25 bits per heavy atom. The molecule has 2 heterocycles. The third-order valence-corrected chi connectivity index (χ3v) is 9.95. The molecule has 1 atom stereocenters. The normalized spacial score (nSPS) is 14.7. The summed E-state index contributed by atoms with van der Waals surface area (Å²) in [5, 5.41) is 6.21. The largest absolute Gasteiger partial charge is 0.398 e. The van der Waals surface area contributed by atoms with Gasteiger partial charge in [-0.2, -0.15) is 0 Å². The number of aromatic nitrogens is 2. The number of nitrogens with zero attached hydrogens (tertiary/aromatic N) is 2. The number of para-hydroxylation sites is 2. The fourth-order valence-corrected chi connectivity index (χ4v) is 7.81. The van der Waals surface area contributed by atoms with E-state index in [-0.39, 0.29) is 0 Å². The predicted octanol–water partition coefficient (Wildman–Crippen LogP) is 11.3. The Labute approximate surface area is 280 Å². The zero-order valence-electron chi connectivity index (χ0n) is 26.9. The molecule has 0 fully saturated rings. The van der Waals surface area contributed by atoms with Gasteiger partial charge in [0.15, 0.2) is 0 Å². The number of anilines is 1. The van der Waals surface area contributed by atoms with Gasteiger partial charge >= 0.3 is 0 Å². The fraction of sp³-hybridized carbons (Fsp3) is 0.0667. The van der Waals surface area contributed by atoms with Gasteiger partial charge in [0.1, 0.15) is 0 Å². The Balaban J connectivity index is 1.45. The second-order valence-corrected chi connectivity index (χ2v) is 13.0. The maximum absolute atomic E-state index is 6.64. The standard InChI is InChI=1S/C45H35N3/c1-29-21-25-41-39(27-29)36-23-24-37-43-34-18-10-9-15-32(34)22-26-42(43)47(45(37)44(36)48(41)33-16-7-4-8-17-33)30(2)28-38(31-13-5-3-6-14-31)35-19-11-12-20-40(35)46/h3-26,28-29H,2,27,46H2,1H3/b38-28-. The molecular formula is C45H35N3. The van der Waals surface area contributed by atoms with Crippen LogP contribution in [0.25, 0.3) is 66.5 Å². The first-order valence-electron chi connectivity index (χ1n) is 16.7. The molecule has 0 saturated carbocycles. The Kier molecular flexibility index (Phi) is 6.48. The lowest BCUT2D eigenvalue weighted by Gasteiger charge is -2.16. The van der Waals surface area contributed by atoms with Crippen molar-refractivity contribution in [2.75, 3.05) is 5.73 Å². The van der Waals surface area contributed by atoms with E-state index in [1.54, 1.807) is 0 Å². The first kappa shape index (κ1) is 28.2. The van der Waals surface area contributed by atoms with Crippen molar-refractivity contribution in [3.63, 3.8) is 0 Å². The second-order valence-electron chi connectivity index (χ2n) is 13.0. The molecule has 48 heavy (non-hydrogen) atoms. The van der Waals surface area contributed by atoms with E-state index in [0.717, 1.165) is 51.2 Å². The van der Waals surface area contributed by atoms with Gasteiger partial charge in [-0.05, 0) is 76.2 Å². The van der Waals surface area contributed by atoms with Crippen molar-refractivity contribution >= 4 is 66.5 Å². The summed E-state index contributed by atoms with van der Waals surface area (Å²) < 4.78 is 4.86. The molecule has 8 aromatic rings.